The molecule has 3 heterocycles. The lowest BCUT2D eigenvalue weighted by Crippen LogP contribution is -2.53. The molecule has 39 heavy (non-hydrogen) atoms. The van der Waals surface area contributed by atoms with Crippen LogP contribution in [0.4, 0.5) is 5.82 Å². The number of fused-ring (bicyclic) bond motifs is 1. The maximum atomic E-state index is 13.0. The monoisotopic (exact) mass is 607 g/mol. The Labute approximate surface area is 244 Å². The van der Waals surface area contributed by atoms with E-state index in [0.29, 0.717) is 11.6 Å². The molecular weight excluding hydrogens is 574 g/mol. The number of piperazine rings is 1. The molecule has 6 nitrogen and oxygen atoms in total. The normalized spacial score (nSPS) is 20.7. The van der Waals surface area contributed by atoms with Crippen LogP contribution in [0.1, 0.15) is 52.4 Å². The molecule has 1 amide bonds. The van der Waals surface area contributed by atoms with Crippen LogP contribution in [0.3, 0.4) is 0 Å². The van der Waals surface area contributed by atoms with Gasteiger partial charge in [0, 0.05) is 50.0 Å². The van der Waals surface area contributed by atoms with Gasteiger partial charge in [0.2, 0.25) is 0 Å². The SMILES string of the molecule is O=C(NC1CCc2ccccc21)c1cnc(N2CCN(C3CCN(Cc4ccc(Cl)cc4)CC3)CC2)c(Br)c1. The molecule has 0 bridgehead atoms. The summed E-state index contributed by atoms with van der Waals surface area (Å²) in [6.07, 6.45) is 6.11. The molecule has 1 aliphatic carbocycles. The standard InChI is InChI=1S/C31H35BrClN5O/c32-28-19-24(31(39)35-29-10-7-23-3-1-2-4-27(23)29)20-34-30(28)38-17-15-37(16-18-38)26-11-13-36(14-12-26)21-22-5-8-25(33)9-6-22/h1-6,8-9,19-20,26,29H,7,10-18,21H2,(H,35,39). The number of amides is 1. The lowest BCUT2D eigenvalue weighted by Gasteiger charge is -2.43. The van der Waals surface area contributed by atoms with Crippen molar-refractivity contribution in [2.75, 3.05) is 44.2 Å². The Bertz CT molecular complexity index is 1300. The molecule has 1 atom stereocenters. The van der Waals surface area contributed by atoms with Crippen LogP contribution in [0.15, 0.2) is 65.3 Å². The summed E-state index contributed by atoms with van der Waals surface area (Å²) in [6.45, 7) is 7.24. The Morgan fingerprint density at radius 2 is 1.72 bits per heavy atom. The highest BCUT2D eigenvalue weighted by molar-refractivity contribution is 9.10. The van der Waals surface area contributed by atoms with Gasteiger partial charge in [-0.25, -0.2) is 4.98 Å². The first-order valence-corrected chi connectivity index (χ1v) is 15.2. The topological polar surface area (TPSA) is 51.7 Å². The quantitative estimate of drug-likeness (QED) is 0.389. The lowest BCUT2D eigenvalue weighted by atomic mass is 10.0. The van der Waals surface area contributed by atoms with Gasteiger partial charge in [0.25, 0.3) is 5.91 Å². The smallest absolute Gasteiger partial charge is 0.253 e. The van der Waals surface area contributed by atoms with Gasteiger partial charge in [0.05, 0.1) is 16.1 Å². The number of hydrogen-bond acceptors (Lipinski definition) is 5. The predicted molar refractivity (Wildman–Crippen MR) is 160 cm³/mol. The second-order valence-corrected chi connectivity index (χ2v) is 12.2. The maximum Gasteiger partial charge on any atom is 0.253 e. The number of halogens is 2. The van der Waals surface area contributed by atoms with Crippen molar-refractivity contribution in [1.82, 2.24) is 20.1 Å². The van der Waals surface area contributed by atoms with Crippen molar-refractivity contribution in [2.24, 2.45) is 0 Å². The summed E-state index contributed by atoms with van der Waals surface area (Å²) in [5, 5.41) is 4.01. The van der Waals surface area contributed by atoms with Crippen molar-refractivity contribution < 1.29 is 4.79 Å². The number of pyridine rings is 1. The average molecular weight is 609 g/mol. The van der Waals surface area contributed by atoms with E-state index in [4.69, 9.17) is 16.6 Å². The fourth-order valence-electron chi connectivity index (χ4n) is 6.33. The van der Waals surface area contributed by atoms with Gasteiger partial charge in [-0.3, -0.25) is 14.6 Å². The Morgan fingerprint density at radius 3 is 2.46 bits per heavy atom. The third-order valence-electron chi connectivity index (χ3n) is 8.53. The zero-order valence-corrected chi connectivity index (χ0v) is 24.5. The molecule has 2 saturated heterocycles. The van der Waals surface area contributed by atoms with Crippen LogP contribution >= 0.6 is 27.5 Å². The Hall–Kier alpha value is -2.45. The number of aromatic nitrogens is 1. The van der Waals surface area contributed by atoms with E-state index in [-0.39, 0.29) is 11.9 Å². The number of hydrogen-bond donors (Lipinski definition) is 1. The summed E-state index contributed by atoms with van der Waals surface area (Å²) in [7, 11) is 0. The van der Waals surface area contributed by atoms with Crippen molar-refractivity contribution in [3.05, 3.63) is 92.5 Å². The molecule has 3 aromatic rings. The summed E-state index contributed by atoms with van der Waals surface area (Å²) in [5.41, 5.74) is 4.50. The fourth-order valence-corrected chi connectivity index (χ4v) is 7.05. The minimum absolute atomic E-state index is 0.0660. The second kappa shape index (κ2) is 12.0. The molecule has 1 N–H and O–H groups in total. The van der Waals surface area contributed by atoms with Crippen LogP contribution in [0.5, 0.6) is 0 Å². The number of piperidine rings is 1. The van der Waals surface area contributed by atoms with Crippen LogP contribution in [0.2, 0.25) is 5.02 Å². The molecule has 6 rings (SSSR count). The summed E-state index contributed by atoms with van der Waals surface area (Å²) < 4.78 is 0.880. The number of anilines is 1. The van der Waals surface area contributed by atoms with Crippen molar-refractivity contribution in [2.45, 2.75) is 44.3 Å². The number of nitrogens with one attached hydrogen (secondary N) is 1. The lowest BCUT2D eigenvalue weighted by molar-refractivity contribution is 0.0936. The van der Waals surface area contributed by atoms with Gasteiger partial charge in [-0.15, -0.1) is 0 Å². The Kier molecular flexibility index (Phi) is 8.21. The number of rotatable bonds is 6. The molecule has 8 heteroatoms. The average Bonchev–Trinajstić information content (AvgIpc) is 3.37. The van der Waals surface area contributed by atoms with Crippen LogP contribution in [0, 0.1) is 0 Å². The summed E-state index contributed by atoms with van der Waals surface area (Å²) in [6, 6.07) is 19.2. The number of carbonyl (C=O) groups is 1. The first kappa shape index (κ1) is 26.8. The minimum atomic E-state index is -0.0660. The number of likely N-dealkylation sites (tertiary alicyclic amines) is 1. The second-order valence-electron chi connectivity index (χ2n) is 10.9. The first-order chi connectivity index (χ1) is 19.0. The predicted octanol–water partition coefficient (Wildman–Crippen LogP) is 5.70. The summed E-state index contributed by atoms with van der Waals surface area (Å²) in [5.74, 6) is 0.860. The minimum Gasteiger partial charge on any atom is -0.353 e. The zero-order valence-electron chi connectivity index (χ0n) is 22.2. The molecule has 3 aliphatic rings. The van der Waals surface area contributed by atoms with Crippen molar-refractivity contribution in [3.63, 3.8) is 0 Å². The molecule has 0 saturated carbocycles. The van der Waals surface area contributed by atoms with Crippen molar-refractivity contribution in [3.8, 4) is 0 Å². The molecule has 1 aromatic heterocycles. The highest BCUT2D eigenvalue weighted by atomic mass is 79.9. The maximum absolute atomic E-state index is 13.0. The van der Waals surface area contributed by atoms with Gasteiger partial charge >= 0.3 is 0 Å². The van der Waals surface area contributed by atoms with E-state index in [1.54, 1.807) is 6.20 Å². The zero-order chi connectivity index (χ0) is 26.8. The van der Waals surface area contributed by atoms with Gasteiger partial charge in [0.1, 0.15) is 5.82 Å². The highest BCUT2D eigenvalue weighted by Gasteiger charge is 2.29. The van der Waals surface area contributed by atoms with E-state index in [1.165, 1.54) is 29.5 Å². The number of carbonyl (C=O) groups excluding carboxylic acids is 1. The van der Waals surface area contributed by atoms with E-state index in [0.717, 1.165) is 74.0 Å². The van der Waals surface area contributed by atoms with Crippen LogP contribution < -0.4 is 10.2 Å². The molecule has 2 aliphatic heterocycles. The molecule has 1 unspecified atom stereocenters. The van der Waals surface area contributed by atoms with Gasteiger partial charge in [-0.05, 0) is 89.6 Å². The number of benzene rings is 2. The number of nitrogens with zero attached hydrogens (tertiary/aromatic N) is 4. The van der Waals surface area contributed by atoms with E-state index in [1.807, 2.05) is 24.3 Å². The van der Waals surface area contributed by atoms with Crippen molar-refractivity contribution in [1.29, 1.82) is 0 Å². The fraction of sp³-hybridized carbons (Fsp3) is 0.419. The summed E-state index contributed by atoms with van der Waals surface area (Å²) in [4.78, 5) is 25.3. The molecular formula is C31H35BrClN5O. The largest absolute Gasteiger partial charge is 0.353 e. The first-order valence-electron chi connectivity index (χ1n) is 14.0. The molecule has 204 valence electrons. The third kappa shape index (κ3) is 6.17. The van der Waals surface area contributed by atoms with Gasteiger partial charge in [0.15, 0.2) is 0 Å². The van der Waals surface area contributed by atoms with E-state index < -0.39 is 0 Å². The van der Waals surface area contributed by atoms with Crippen LogP contribution in [-0.4, -0.2) is 66.0 Å². The van der Waals surface area contributed by atoms with Gasteiger partial charge in [-0.2, -0.15) is 0 Å². The molecule has 2 aromatic carbocycles. The van der Waals surface area contributed by atoms with E-state index in [2.05, 4.69) is 66.3 Å². The summed E-state index contributed by atoms with van der Waals surface area (Å²) >= 11 is 9.74. The van der Waals surface area contributed by atoms with Gasteiger partial charge < -0.3 is 10.2 Å². The van der Waals surface area contributed by atoms with Crippen LogP contribution in [0.25, 0.3) is 0 Å². The van der Waals surface area contributed by atoms with E-state index >= 15 is 0 Å². The van der Waals surface area contributed by atoms with E-state index in [9.17, 15) is 4.79 Å². The number of aryl methyl sites for hydroxylation is 1. The molecule has 0 spiro atoms. The highest BCUT2D eigenvalue weighted by Crippen LogP contribution is 2.32. The van der Waals surface area contributed by atoms with Crippen LogP contribution in [-0.2, 0) is 13.0 Å². The Morgan fingerprint density at radius 1 is 0.974 bits per heavy atom. The molecule has 2 fully saturated rings. The van der Waals surface area contributed by atoms with Crippen molar-refractivity contribution >= 4 is 39.3 Å². The molecule has 0 radical (unpaired) electrons. The third-order valence-corrected chi connectivity index (χ3v) is 9.36. The Balaban J connectivity index is 0.989. The van der Waals surface area contributed by atoms with Gasteiger partial charge in [-0.1, -0.05) is 48.0 Å².